The minimum absolute atomic E-state index is 0.0850. The highest BCUT2D eigenvalue weighted by atomic mass is 16.5. The molecule has 0 rings (SSSR count). The lowest BCUT2D eigenvalue weighted by Crippen LogP contribution is -2.24. The smallest absolute Gasteiger partial charge is 0.333 e. The Morgan fingerprint density at radius 3 is 2.40 bits per heavy atom. The van der Waals surface area contributed by atoms with Crippen molar-refractivity contribution < 1.29 is 14.3 Å². The van der Waals surface area contributed by atoms with Crippen LogP contribution in [0, 0.1) is 0 Å². The third-order valence-corrected chi connectivity index (χ3v) is 2.21. The molecule has 0 fully saturated rings. The molecule has 0 bridgehead atoms. The highest BCUT2D eigenvalue weighted by Crippen LogP contribution is 2.13. The van der Waals surface area contributed by atoms with E-state index in [-0.39, 0.29) is 11.6 Å². The van der Waals surface area contributed by atoms with E-state index in [1.165, 1.54) is 0 Å². The molecule has 0 aromatic heterocycles. The van der Waals surface area contributed by atoms with Crippen molar-refractivity contribution in [2.24, 2.45) is 0 Å². The Bertz CT molecular complexity index is 219. The molecule has 0 amide bonds. The number of carbonyl (C=O) groups excluding carboxylic acids is 1. The molecule has 0 aliphatic heterocycles. The van der Waals surface area contributed by atoms with Gasteiger partial charge in [-0.15, -0.1) is 0 Å². The van der Waals surface area contributed by atoms with Crippen molar-refractivity contribution in [3.8, 4) is 0 Å². The van der Waals surface area contributed by atoms with E-state index in [4.69, 9.17) is 9.47 Å². The molecule has 3 nitrogen and oxygen atoms in total. The highest BCUT2D eigenvalue weighted by molar-refractivity contribution is 5.86. The van der Waals surface area contributed by atoms with Gasteiger partial charge in [-0.3, -0.25) is 0 Å². The fraction of sp³-hybridized carbons (Fsp3) is 0.750. The topological polar surface area (TPSA) is 35.5 Å². The van der Waals surface area contributed by atoms with Gasteiger partial charge in [-0.2, -0.15) is 0 Å². The Kier molecular flexibility index (Phi) is 6.25. The van der Waals surface area contributed by atoms with Crippen molar-refractivity contribution in [2.75, 3.05) is 13.2 Å². The fourth-order valence-corrected chi connectivity index (χ4v) is 0.798. The second kappa shape index (κ2) is 6.62. The maximum atomic E-state index is 11.0. The first-order chi connectivity index (χ1) is 6.89. The Hall–Kier alpha value is -0.830. The van der Waals surface area contributed by atoms with Gasteiger partial charge in [0.15, 0.2) is 0 Å². The third-order valence-electron chi connectivity index (χ3n) is 2.21. The monoisotopic (exact) mass is 214 g/mol. The second-order valence-corrected chi connectivity index (χ2v) is 4.23. The molecule has 88 valence electrons. The minimum Gasteiger partial charge on any atom is -0.462 e. The van der Waals surface area contributed by atoms with Crippen LogP contribution in [-0.2, 0) is 14.3 Å². The standard InChI is InChI=1S/C12H22O3/c1-6-12(4,5)15-9-7-8-14-11(13)10(2)3/h2,6-9H2,1,3-5H3. The molecule has 0 saturated heterocycles. The summed E-state index contributed by atoms with van der Waals surface area (Å²) in [6.45, 7) is 12.3. The largest absolute Gasteiger partial charge is 0.462 e. The predicted molar refractivity (Wildman–Crippen MR) is 60.7 cm³/mol. The van der Waals surface area contributed by atoms with Crippen LogP contribution in [0.5, 0.6) is 0 Å². The summed E-state index contributed by atoms with van der Waals surface area (Å²) in [6, 6.07) is 0. The highest BCUT2D eigenvalue weighted by Gasteiger charge is 2.14. The summed E-state index contributed by atoms with van der Waals surface area (Å²) < 4.78 is 10.5. The van der Waals surface area contributed by atoms with Crippen LogP contribution in [0.25, 0.3) is 0 Å². The molecule has 3 heteroatoms. The molecule has 0 unspecified atom stereocenters. The van der Waals surface area contributed by atoms with Crippen molar-refractivity contribution in [2.45, 2.75) is 46.1 Å². The van der Waals surface area contributed by atoms with E-state index in [0.29, 0.717) is 18.8 Å². The van der Waals surface area contributed by atoms with Gasteiger partial charge in [-0.05, 0) is 27.2 Å². The lowest BCUT2D eigenvalue weighted by molar-refractivity contribution is -0.139. The summed E-state index contributed by atoms with van der Waals surface area (Å²) >= 11 is 0. The maximum Gasteiger partial charge on any atom is 0.333 e. The Labute approximate surface area is 92.5 Å². The Morgan fingerprint density at radius 1 is 1.33 bits per heavy atom. The molecule has 0 saturated carbocycles. The van der Waals surface area contributed by atoms with E-state index >= 15 is 0 Å². The number of carbonyl (C=O) groups is 1. The zero-order chi connectivity index (χ0) is 11.9. The molecule has 0 spiro atoms. The first-order valence-electron chi connectivity index (χ1n) is 5.35. The Morgan fingerprint density at radius 2 is 1.93 bits per heavy atom. The number of hydrogen-bond donors (Lipinski definition) is 0. The molecular formula is C12H22O3. The maximum absolute atomic E-state index is 11.0. The first kappa shape index (κ1) is 14.2. The summed E-state index contributed by atoms with van der Waals surface area (Å²) in [5, 5.41) is 0. The van der Waals surface area contributed by atoms with Crippen LogP contribution in [0.4, 0.5) is 0 Å². The van der Waals surface area contributed by atoms with E-state index in [2.05, 4.69) is 13.5 Å². The van der Waals surface area contributed by atoms with Crippen molar-refractivity contribution >= 4 is 5.97 Å². The summed E-state index contributed by atoms with van der Waals surface area (Å²) in [6.07, 6.45) is 1.70. The van der Waals surface area contributed by atoms with Gasteiger partial charge in [0, 0.05) is 12.0 Å². The van der Waals surface area contributed by atoms with E-state index in [1.54, 1.807) is 6.92 Å². The van der Waals surface area contributed by atoms with Gasteiger partial charge in [0.1, 0.15) is 0 Å². The van der Waals surface area contributed by atoms with Gasteiger partial charge in [0.05, 0.1) is 18.8 Å². The van der Waals surface area contributed by atoms with Crippen LogP contribution in [0.3, 0.4) is 0 Å². The molecule has 15 heavy (non-hydrogen) atoms. The molecule has 0 heterocycles. The van der Waals surface area contributed by atoms with Crippen LogP contribution in [0.15, 0.2) is 12.2 Å². The van der Waals surface area contributed by atoms with Gasteiger partial charge in [0.25, 0.3) is 0 Å². The summed E-state index contributed by atoms with van der Waals surface area (Å²) in [7, 11) is 0. The molecule has 0 aromatic carbocycles. The van der Waals surface area contributed by atoms with Crippen LogP contribution >= 0.6 is 0 Å². The zero-order valence-electron chi connectivity index (χ0n) is 10.3. The molecule has 0 aliphatic carbocycles. The number of hydrogen-bond acceptors (Lipinski definition) is 3. The van der Waals surface area contributed by atoms with Crippen LogP contribution in [0.2, 0.25) is 0 Å². The van der Waals surface area contributed by atoms with Crippen LogP contribution in [0.1, 0.15) is 40.5 Å². The summed E-state index contributed by atoms with van der Waals surface area (Å²) in [5.74, 6) is -0.329. The number of rotatable bonds is 7. The van der Waals surface area contributed by atoms with Crippen LogP contribution in [-0.4, -0.2) is 24.8 Å². The van der Waals surface area contributed by atoms with Gasteiger partial charge >= 0.3 is 5.97 Å². The van der Waals surface area contributed by atoms with Crippen molar-refractivity contribution in [1.82, 2.24) is 0 Å². The fourth-order valence-electron chi connectivity index (χ4n) is 0.798. The lowest BCUT2D eigenvalue weighted by atomic mass is 10.1. The van der Waals surface area contributed by atoms with Crippen molar-refractivity contribution in [1.29, 1.82) is 0 Å². The third kappa shape index (κ3) is 7.14. The Balaban J connectivity index is 3.48. The SMILES string of the molecule is C=C(C)C(=O)OCCCOC(C)(C)CC. The molecule has 0 atom stereocenters. The number of esters is 1. The molecule has 0 aliphatic rings. The van der Waals surface area contributed by atoms with Gasteiger partial charge < -0.3 is 9.47 Å². The average Bonchev–Trinajstić information content (AvgIpc) is 2.16. The van der Waals surface area contributed by atoms with Crippen molar-refractivity contribution in [3.05, 3.63) is 12.2 Å². The molecule has 0 aromatic rings. The van der Waals surface area contributed by atoms with E-state index in [9.17, 15) is 4.79 Å². The average molecular weight is 214 g/mol. The summed E-state index contributed by atoms with van der Waals surface area (Å²) in [5.41, 5.74) is 0.350. The quantitative estimate of drug-likeness (QED) is 0.371. The lowest BCUT2D eigenvalue weighted by Gasteiger charge is -2.23. The summed E-state index contributed by atoms with van der Waals surface area (Å²) in [4.78, 5) is 11.0. The van der Waals surface area contributed by atoms with E-state index in [0.717, 1.165) is 12.8 Å². The number of ether oxygens (including phenoxy) is 2. The van der Waals surface area contributed by atoms with Crippen LogP contribution < -0.4 is 0 Å². The molecular weight excluding hydrogens is 192 g/mol. The first-order valence-corrected chi connectivity index (χ1v) is 5.35. The normalized spacial score (nSPS) is 11.2. The predicted octanol–water partition coefficient (Wildman–Crippen LogP) is 2.70. The van der Waals surface area contributed by atoms with Gasteiger partial charge in [-0.25, -0.2) is 4.79 Å². The van der Waals surface area contributed by atoms with E-state index in [1.807, 2.05) is 13.8 Å². The van der Waals surface area contributed by atoms with E-state index < -0.39 is 0 Å². The molecule has 0 N–H and O–H groups in total. The second-order valence-electron chi connectivity index (χ2n) is 4.23. The molecule has 0 radical (unpaired) electrons. The zero-order valence-corrected chi connectivity index (χ0v) is 10.3. The van der Waals surface area contributed by atoms with Gasteiger partial charge in [-0.1, -0.05) is 13.5 Å². The van der Waals surface area contributed by atoms with Crippen molar-refractivity contribution in [3.63, 3.8) is 0 Å². The van der Waals surface area contributed by atoms with Gasteiger partial charge in [0.2, 0.25) is 0 Å². The minimum atomic E-state index is -0.329.